The zero-order chi connectivity index (χ0) is 16.0. The molecule has 0 aromatic heterocycles. The van der Waals surface area contributed by atoms with E-state index in [0.717, 1.165) is 0 Å². The molecule has 0 saturated heterocycles. The van der Waals surface area contributed by atoms with Crippen molar-refractivity contribution in [3.63, 3.8) is 0 Å². The van der Waals surface area contributed by atoms with Crippen molar-refractivity contribution in [1.82, 2.24) is 0 Å². The van der Waals surface area contributed by atoms with Crippen LogP contribution in [-0.4, -0.2) is 34.5 Å². The van der Waals surface area contributed by atoms with Gasteiger partial charge < -0.3 is 14.9 Å². The lowest BCUT2D eigenvalue weighted by Crippen LogP contribution is -2.42. The number of aliphatic hydroxyl groups is 2. The highest BCUT2D eigenvalue weighted by molar-refractivity contribution is 5.71. The second-order valence-electron chi connectivity index (χ2n) is 6.48. The van der Waals surface area contributed by atoms with Gasteiger partial charge in [-0.25, -0.2) is 0 Å². The molecular weight excluding hydrogens is 256 g/mol. The number of rotatable bonds is 8. The van der Waals surface area contributed by atoms with Crippen molar-refractivity contribution in [2.24, 2.45) is 23.7 Å². The maximum Gasteiger partial charge on any atom is 0.308 e. The molecule has 5 atom stereocenters. The minimum absolute atomic E-state index is 0.0881. The summed E-state index contributed by atoms with van der Waals surface area (Å²) in [4.78, 5) is 11.7. The third-order valence-corrected chi connectivity index (χ3v) is 4.03. The molecule has 0 bridgehead atoms. The van der Waals surface area contributed by atoms with Crippen LogP contribution in [-0.2, 0) is 9.53 Å². The van der Waals surface area contributed by atoms with Crippen molar-refractivity contribution in [2.45, 2.75) is 73.2 Å². The molecule has 0 unspecified atom stereocenters. The second-order valence-corrected chi connectivity index (χ2v) is 6.48. The molecule has 20 heavy (non-hydrogen) atoms. The number of esters is 1. The average molecular weight is 288 g/mol. The molecule has 2 N–H and O–H groups in total. The van der Waals surface area contributed by atoms with E-state index in [1.165, 1.54) is 0 Å². The van der Waals surface area contributed by atoms with Crippen molar-refractivity contribution < 1.29 is 19.7 Å². The summed E-state index contributed by atoms with van der Waals surface area (Å²) < 4.78 is 5.45. The van der Waals surface area contributed by atoms with Gasteiger partial charge in [0.2, 0.25) is 0 Å². The normalized spacial score (nSPS) is 19.6. The predicted octanol–water partition coefficient (Wildman–Crippen LogP) is 2.61. The third-order valence-electron chi connectivity index (χ3n) is 4.03. The number of hydrogen-bond acceptors (Lipinski definition) is 4. The highest BCUT2D eigenvalue weighted by atomic mass is 16.5. The van der Waals surface area contributed by atoms with E-state index < -0.39 is 12.2 Å². The number of carbonyl (C=O) groups is 1. The molecule has 0 aliphatic rings. The molecule has 4 heteroatoms. The monoisotopic (exact) mass is 288 g/mol. The standard InChI is InChI=1S/C16H32O4/c1-8-13(20-16(19)10(4)5)11(6)15(18)12(7)14(17)9(2)3/h9-15,17-18H,8H2,1-7H3/t11-,12-,13-,14-,15+/m0/s1. The Bertz CT molecular complexity index is 288. The number of carbonyl (C=O) groups excluding carboxylic acids is 1. The van der Waals surface area contributed by atoms with Gasteiger partial charge in [0.05, 0.1) is 18.1 Å². The van der Waals surface area contributed by atoms with E-state index in [0.29, 0.717) is 6.42 Å². The third kappa shape index (κ3) is 5.41. The molecule has 0 saturated carbocycles. The number of hydrogen-bond donors (Lipinski definition) is 2. The van der Waals surface area contributed by atoms with Gasteiger partial charge in [-0.2, -0.15) is 0 Å². The summed E-state index contributed by atoms with van der Waals surface area (Å²) in [5.41, 5.74) is 0. The molecule has 0 amide bonds. The van der Waals surface area contributed by atoms with Crippen LogP contribution in [0.3, 0.4) is 0 Å². The lowest BCUT2D eigenvalue weighted by atomic mass is 9.82. The summed E-state index contributed by atoms with van der Waals surface area (Å²) in [6, 6.07) is 0. The van der Waals surface area contributed by atoms with Gasteiger partial charge in [-0.15, -0.1) is 0 Å². The Morgan fingerprint density at radius 3 is 1.80 bits per heavy atom. The van der Waals surface area contributed by atoms with Crippen LogP contribution in [0.1, 0.15) is 54.9 Å². The molecule has 0 heterocycles. The fourth-order valence-corrected chi connectivity index (χ4v) is 2.36. The van der Waals surface area contributed by atoms with Crippen LogP contribution < -0.4 is 0 Å². The summed E-state index contributed by atoms with van der Waals surface area (Å²) in [7, 11) is 0. The van der Waals surface area contributed by atoms with E-state index >= 15 is 0 Å². The van der Waals surface area contributed by atoms with Gasteiger partial charge in [0.25, 0.3) is 0 Å². The summed E-state index contributed by atoms with van der Waals surface area (Å²) >= 11 is 0. The maximum absolute atomic E-state index is 11.7. The zero-order valence-corrected chi connectivity index (χ0v) is 14.0. The number of aliphatic hydroxyl groups excluding tert-OH is 2. The summed E-state index contributed by atoms with van der Waals surface area (Å²) in [6.07, 6.45) is -0.925. The van der Waals surface area contributed by atoms with Gasteiger partial charge in [0, 0.05) is 11.8 Å². The zero-order valence-electron chi connectivity index (χ0n) is 14.0. The minimum atomic E-state index is -0.697. The Morgan fingerprint density at radius 2 is 1.45 bits per heavy atom. The van der Waals surface area contributed by atoms with Gasteiger partial charge in [0.1, 0.15) is 6.10 Å². The average Bonchev–Trinajstić information content (AvgIpc) is 2.40. The van der Waals surface area contributed by atoms with Crippen LogP contribution in [0.25, 0.3) is 0 Å². The highest BCUT2D eigenvalue weighted by Crippen LogP contribution is 2.26. The fourth-order valence-electron chi connectivity index (χ4n) is 2.36. The Labute approximate surface area is 123 Å². The van der Waals surface area contributed by atoms with E-state index in [2.05, 4.69) is 0 Å². The summed E-state index contributed by atoms with van der Waals surface area (Å²) in [5, 5.41) is 20.5. The van der Waals surface area contributed by atoms with Crippen LogP contribution in [0.15, 0.2) is 0 Å². The lowest BCUT2D eigenvalue weighted by Gasteiger charge is -2.34. The molecule has 0 rings (SSSR count). The van der Waals surface area contributed by atoms with Crippen molar-refractivity contribution >= 4 is 5.97 Å². The first-order valence-electron chi connectivity index (χ1n) is 7.70. The molecule has 0 aromatic carbocycles. The van der Waals surface area contributed by atoms with Gasteiger partial charge in [0.15, 0.2) is 0 Å². The van der Waals surface area contributed by atoms with Gasteiger partial charge in [-0.05, 0) is 12.3 Å². The Hall–Kier alpha value is -0.610. The van der Waals surface area contributed by atoms with Gasteiger partial charge >= 0.3 is 5.97 Å². The van der Waals surface area contributed by atoms with Crippen molar-refractivity contribution in [2.75, 3.05) is 0 Å². The van der Waals surface area contributed by atoms with E-state index in [1.807, 2.05) is 34.6 Å². The first-order chi connectivity index (χ1) is 9.13. The van der Waals surface area contributed by atoms with Crippen LogP contribution in [0.4, 0.5) is 0 Å². The SMILES string of the molecule is CC[C@H](OC(=O)C(C)C)[C@H](C)[C@@H](O)[C@@H](C)[C@@H](O)C(C)C. The molecule has 4 nitrogen and oxygen atoms in total. The van der Waals surface area contributed by atoms with Crippen LogP contribution in [0, 0.1) is 23.7 Å². The van der Waals surface area contributed by atoms with Crippen molar-refractivity contribution in [3.8, 4) is 0 Å². The van der Waals surface area contributed by atoms with Crippen LogP contribution >= 0.6 is 0 Å². The maximum atomic E-state index is 11.7. The smallest absolute Gasteiger partial charge is 0.308 e. The molecule has 0 aromatic rings. The second kappa shape index (κ2) is 8.63. The largest absolute Gasteiger partial charge is 0.462 e. The van der Waals surface area contributed by atoms with E-state index in [1.54, 1.807) is 13.8 Å². The first-order valence-corrected chi connectivity index (χ1v) is 7.70. The topological polar surface area (TPSA) is 66.8 Å². The highest BCUT2D eigenvalue weighted by Gasteiger charge is 2.34. The van der Waals surface area contributed by atoms with Crippen LogP contribution in [0.2, 0.25) is 0 Å². The van der Waals surface area contributed by atoms with E-state index in [9.17, 15) is 15.0 Å². The quantitative estimate of drug-likeness (QED) is 0.674. The summed E-state index contributed by atoms with van der Waals surface area (Å²) in [5.74, 6) is -0.784. The lowest BCUT2D eigenvalue weighted by molar-refractivity contribution is -0.159. The first kappa shape index (κ1) is 19.4. The molecule has 0 radical (unpaired) electrons. The van der Waals surface area contributed by atoms with E-state index in [4.69, 9.17) is 4.74 Å². The Morgan fingerprint density at radius 1 is 0.950 bits per heavy atom. The minimum Gasteiger partial charge on any atom is -0.462 e. The molecule has 0 aliphatic carbocycles. The van der Waals surface area contributed by atoms with E-state index in [-0.39, 0.29) is 35.7 Å². The van der Waals surface area contributed by atoms with Crippen molar-refractivity contribution in [3.05, 3.63) is 0 Å². The fraction of sp³-hybridized carbons (Fsp3) is 0.938. The molecule has 120 valence electrons. The van der Waals surface area contributed by atoms with Gasteiger partial charge in [-0.3, -0.25) is 4.79 Å². The van der Waals surface area contributed by atoms with Gasteiger partial charge in [-0.1, -0.05) is 48.5 Å². The number of ether oxygens (including phenoxy) is 1. The summed E-state index contributed by atoms with van der Waals surface area (Å²) in [6.45, 7) is 13.1. The Kier molecular flexibility index (Phi) is 8.36. The predicted molar refractivity (Wildman–Crippen MR) is 80.2 cm³/mol. The van der Waals surface area contributed by atoms with Crippen LogP contribution in [0.5, 0.6) is 0 Å². The molecule has 0 spiro atoms. The molecule has 0 fully saturated rings. The van der Waals surface area contributed by atoms with Crippen molar-refractivity contribution in [1.29, 1.82) is 0 Å². The Balaban J connectivity index is 4.74. The molecular formula is C16H32O4. The molecule has 0 aliphatic heterocycles.